The van der Waals surface area contributed by atoms with E-state index in [1.54, 1.807) is 11.0 Å². The van der Waals surface area contributed by atoms with Crippen molar-refractivity contribution in [1.29, 1.82) is 0 Å². The van der Waals surface area contributed by atoms with Crippen molar-refractivity contribution in [2.45, 2.75) is 27.3 Å². The average molecular weight is 481 g/mol. The standard InChI is InChI=1S/C27H26Cl2N2O2/c1-4-30(5-2)27(32)33-25-13-12-24-22(26(25)19-8-6-18(3)7-9-19)14-15-31(24)17-20-16-21(28)10-11-23(20)29/h6-16H,4-5,17H2,1-3H3. The van der Waals surface area contributed by atoms with Crippen LogP contribution < -0.4 is 4.74 Å². The normalized spacial score (nSPS) is 11.1. The number of aromatic nitrogens is 1. The van der Waals surface area contributed by atoms with E-state index in [1.165, 1.54) is 5.56 Å². The molecule has 170 valence electrons. The average Bonchev–Trinajstić information content (AvgIpc) is 3.20. The van der Waals surface area contributed by atoms with E-state index in [0.717, 1.165) is 27.6 Å². The van der Waals surface area contributed by atoms with Gasteiger partial charge in [0.05, 0.1) is 0 Å². The minimum absolute atomic E-state index is 0.349. The van der Waals surface area contributed by atoms with Crippen molar-refractivity contribution >= 4 is 40.2 Å². The molecule has 0 unspecified atom stereocenters. The number of amides is 1. The second-order valence-corrected chi connectivity index (χ2v) is 8.80. The van der Waals surface area contributed by atoms with Gasteiger partial charge in [0.2, 0.25) is 0 Å². The lowest BCUT2D eigenvalue weighted by molar-refractivity contribution is 0.157. The number of hydrogen-bond donors (Lipinski definition) is 0. The van der Waals surface area contributed by atoms with E-state index in [4.69, 9.17) is 27.9 Å². The Bertz CT molecular complexity index is 1290. The van der Waals surface area contributed by atoms with Gasteiger partial charge in [-0.25, -0.2) is 4.79 Å². The molecule has 1 aromatic heterocycles. The van der Waals surface area contributed by atoms with Crippen molar-refractivity contribution < 1.29 is 9.53 Å². The number of rotatable bonds is 6. The van der Waals surface area contributed by atoms with E-state index >= 15 is 0 Å². The smallest absolute Gasteiger partial charge is 0.410 e. The first kappa shape index (κ1) is 23.2. The highest BCUT2D eigenvalue weighted by Gasteiger charge is 2.19. The van der Waals surface area contributed by atoms with Crippen molar-refractivity contribution in [2.75, 3.05) is 13.1 Å². The molecule has 0 bridgehead atoms. The molecule has 0 N–H and O–H groups in total. The third-order valence-electron chi connectivity index (χ3n) is 5.82. The molecule has 0 saturated heterocycles. The van der Waals surface area contributed by atoms with Crippen LogP contribution in [0.5, 0.6) is 5.75 Å². The monoisotopic (exact) mass is 480 g/mol. The number of carbonyl (C=O) groups excluding carboxylic acids is 1. The van der Waals surface area contributed by atoms with Crippen molar-refractivity contribution in [3.8, 4) is 16.9 Å². The Hall–Kier alpha value is -2.95. The van der Waals surface area contributed by atoms with Gasteiger partial charge in [-0.1, -0.05) is 53.0 Å². The van der Waals surface area contributed by atoms with Gasteiger partial charge in [-0.15, -0.1) is 0 Å². The van der Waals surface area contributed by atoms with Crippen molar-refractivity contribution in [3.63, 3.8) is 0 Å². The first-order valence-electron chi connectivity index (χ1n) is 11.0. The Kier molecular flexibility index (Phi) is 6.96. The fourth-order valence-electron chi connectivity index (χ4n) is 3.98. The van der Waals surface area contributed by atoms with Gasteiger partial charge in [0.15, 0.2) is 0 Å². The first-order valence-corrected chi connectivity index (χ1v) is 11.8. The molecule has 0 saturated carbocycles. The highest BCUT2D eigenvalue weighted by molar-refractivity contribution is 6.33. The molecule has 0 aliphatic rings. The molecule has 0 radical (unpaired) electrons. The van der Waals surface area contributed by atoms with Crippen molar-refractivity contribution in [3.05, 3.63) is 88.0 Å². The molecule has 0 atom stereocenters. The van der Waals surface area contributed by atoms with Gasteiger partial charge in [-0.05, 0) is 68.3 Å². The Morgan fingerprint density at radius 1 is 0.970 bits per heavy atom. The molecule has 1 heterocycles. The van der Waals surface area contributed by atoms with Crippen LogP contribution in [-0.2, 0) is 6.54 Å². The number of halogens is 2. The van der Waals surface area contributed by atoms with Gasteiger partial charge in [-0.3, -0.25) is 0 Å². The fraction of sp³-hybridized carbons (Fsp3) is 0.222. The van der Waals surface area contributed by atoms with Crippen LogP contribution in [0.2, 0.25) is 10.0 Å². The quantitative estimate of drug-likeness (QED) is 0.282. The Labute approximate surface area is 204 Å². The van der Waals surface area contributed by atoms with Gasteiger partial charge in [-0.2, -0.15) is 0 Å². The van der Waals surface area contributed by atoms with Crippen LogP contribution in [0.15, 0.2) is 66.9 Å². The number of nitrogens with zero attached hydrogens (tertiary/aromatic N) is 2. The van der Waals surface area contributed by atoms with E-state index in [-0.39, 0.29) is 6.09 Å². The maximum atomic E-state index is 12.7. The van der Waals surface area contributed by atoms with Crippen LogP contribution in [-0.4, -0.2) is 28.6 Å². The van der Waals surface area contributed by atoms with Crippen LogP contribution in [0, 0.1) is 6.92 Å². The number of carbonyl (C=O) groups is 1. The summed E-state index contributed by atoms with van der Waals surface area (Å²) in [6, 6.07) is 19.6. The first-order chi connectivity index (χ1) is 15.9. The van der Waals surface area contributed by atoms with E-state index in [1.807, 2.05) is 44.3 Å². The highest BCUT2D eigenvalue weighted by Crippen LogP contribution is 2.38. The zero-order valence-electron chi connectivity index (χ0n) is 18.9. The summed E-state index contributed by atoms with van der Waals surface area (Å²) in [6.07, 6.45) is 1.67. The molecule has 4 nitrogen and oxygen atoms in total. The highest BCUT2D eigenvalue weighted by atomic mass is 35.5. The molecule has 4 aromatic rings. The van der Waals surface area contributed by atoms with Gasteiger partial charge >= 0.3 is 6.09 Å². The lowest BCUT2D eigenvalue weighted by Crippen LogP contribution is -2.33. The summed E-state index contributed by atoms with van der Waals surface area (Å²) in [6.45, 7) is 7.69. The lowest BCUT2D eigenvalue weighted by atomic mass is 9.99. The van der Waals surface area contributed by atoms with E-state index < -0.39 is 0 Å². The summed E-state index contributed by atoms with van der Waals surface area (Å²) in [5.41, 5.74) is 5.01. The van der Waals surface area contributed by atoms with Gasteiger partial charge in [0.1, 0.15) is 5.75 Å². The number of benzene rings is 3. The van der Waals surface area contributed by atoms with E-state index in [0.29, 0.717) is 35.4 Å². The summed E-state index contributed by atoms with van der Waals surface area (Å²) >= 11 is 12.6. The van der Waals surface area contributed by atoms with Crippen molar-refractivity contribution in [2.24, 2.45) is 0 Å². The molecular weight excluding hydrogens is 455 g/mol. The number of fused-ring (bicyclic) bond motifs is 1. The third-order valence-corrected chi connectivity index (χ3v) is 6.43. The second-order valence-electron chi connectivity index (χ2n) is 7.96. The predicted molar refractivity (Wildman–Crippen MR) is 137 cm³/mol. The Balaban J connectivity index is 1.82. The van der Waals surface area contributed by atoms with Crippen molar-refractivity contribution in [1.82, 2.24) is 9.47 Å². The summed E-state index contributed by atoms with van der Waals surface area (Å²) in [4.78, 5) is 14.4. The maximum absolute atomic E-state index is 12.7. The van der Waals surface area contributed by atoms with Gasteiger partial charge < -0.3 is 14.2 Å². The maximum Gasteiger partial charge on any atom is 0.415 e. The molecule has 0 fully saturated rings. The number of ether oxygens (including phenoxy) is 1. The van der Waals surface area contributed by atoms with Crippen LogP contribution >= 0.6 is 23.2 Å². The molecule has 6 heteroatoms. The number of aryl methyl sites for hydroxylation is 1. The minimum Gasteiger partial charge on any atom is -0.410 e. The van der Waals surface area contributed by atoms with Crippen LogP contribution in [0.1, 0.15) is 25.0 Å². The predicted octanol–water partition coefficient (Wildman–Crippen LogP) is 7.81. The molecule has 0 aliphatic carbocycles. The Morgan fingerprint density at radius 2 is 1.70 bits per heavy atom. The molecule has 0 aliphatic heterocycles. The van der Waals surface area contributed by atoms with E-state index in [2.05, 4.69) is 41.8 Å². The molecule has 0 spiro atoms. The molecule has 3 aromatic carbocycles. The molecule has 4 rings (SSSR count). The molecule has 33 heavy (non-hydrogen) atoms. The third kappa shape index (κ3) is 4.87. The van der Waals surface area contributed by atoms with Gasteiger partial charge in [0.25, 0.3) is 0 Å². The SMILES string of the molecule is CCN(CC)C(=O)Oc1ccc2c(ccn2Cc2cc(Cl)ccc2Cl)c1-c1ccc(C)cc1. The zero-order chi connectivity index (χ0) is 23.5. The summed E-state index contributed by atoms with van der Waals surface area (Å²) in [5, 5.41) is 2.32. The van der Waals surface area contributed by atoms with Crippen LogP contribution in [0.3, 0.4) is 0 Å². The van der Waals surface area contributed by atoms with Gasteiger partial charge in [0, 0.05) is 52.3 Å². The number of hydrogen-bond acceptors (Lipinski definition) is 2. The minimum atomic E-state index is -0.349. The molecular formula is C27H26Cl2N2O2. The summed E-state index contributed by atoms with van der Waals surface area (Å²) in [7, 11) is 0. The summed E-state index contributed by atoms with van der Waals surface area (Å²) in [5.74, 6) is 0.543. The van der Waals surface area contributed by atoms with Crippen LogP contribution in [0.4, 0.5) is 4.79 Å². The molecule has 1 amide bonds. The topological polar surface area (TPSA) is 34.5 Å². The lowest BCUT2D eigenvalue weighted by Gasteiger charge is -2.20. The fourth-order valence-corrected chi connectivity index (χ4v) is 4.35. The summed E-state index contributed by atoms with van der Waals surface area (Å²) < 4.78 is 8.01. The second kappa shape index (κ2) is 9.90. The largest absolute Gasteiger partial charge is 0.415 e. The zero-order valence-corrected chi connectivity index (χ0v) is 20.5. The Morgan fingerprint density at radius 3 is 2.39 bits per heavy atom. The van der Waals surface area contributed by atoms with E-state index in [9.17, 15) is 4.79 Å². The van der Waals surface area contributed by atoms with Crippen LogP contribution in [0.25, 0.3) is 22.0 Å².